The Balaban J connectivity index is 1.51. The highest BCUT2D eigenvalue weighted by Crippen LogP contribution is 2.35. The molecule has 6 heteroatoms. The molecule has 4 nitrogen and oxygen atoms in total. The van der Waals surface area contributed by atoms with Gasteiger partial charge in [0.25, 0.3) is 5.22 Å². The van der Waals surface area contributed by atoms with E-state index in [1.165, 1.54) is 11.8 Å². The fourth-order valence-corrected chi connectivity index (χ4v) is 4.33. The molecule has 0 aliphatic rings. The van der Waals surface area contributed by atoms with Crippen LogP contribution in [0.1, 0.15) is 17.8 Å². The Morgan fingerprint density at radius 1 is 1.03 bits per heavy atom. The molecule has 4 aromatic rings. The minimum absolute atomic E-state index is 0.00702. The number of carbonyl (C=O) groups is 1. The van der Waals surface area contributed by atoms with Crippen LogP contribution in [0.5, 0.6) is 0 Å². The van der Waals surface area contributed by atoms with E-state index in [1.54, 1.807) is 11.3 Å². The van der Waals surface area contributed by atoms with Gasteiger partial charge in [-0.05, 0) is 18.4 Å². The van der Waals surface area contributed by atoms with Crippen LogP contribution in [-0.4, -0.2) is 16.6 Å². The van der Waals surface area contributed by atoms with Crippen LogP contribution in [0.25, 0.3) is 22.6 Å². The maximum atomic E-state index is 12.4. The predicted molar refractivity (Wildman–Crippen MR) is 119 cm³/mol. The lowest BCUT2D eigenvalue weighted by Gasteiger charge is -2.11. The summed E-state index contributed by atoms with van der Waals surface area (Å²) in [6.45, 7) is 1.99. The highest BCUT2D eigenvalue weighted by molar-refractivity contribution is 7.99. The molecule has 146 valence electrons. The van der Waals surface area contributed by atoms with Crippen LogP contribution in [0.4, 0.5) is 0 Å². The number of thiophene rings is 1. The zero-order valence-electron chi connectivity index (χ0n) is 15.9. The highest BCUT2D eigenvalue weighted by Gasteiger charge is 2.18. The van der Waals surface area contributed by atoms with Gasteiger partial charge in [-0.25, -0.2) is 4.98 Å². The summed E-state index contributed by atoms with van der Waals surface area (Å²) in [5.74, 6) is 0.918. The first kappa shape index (κ1) is 19.5. The minimum Gasteiger partial charge on any atom is -0.431 e. The largest absolute Gasteiger partial charge is 0.431 e. The molecule has 29 heavy (non-hydrogen) atoms. The number of nitrogens with zero attached hydrogens (tertiary/aromatic N) is 1. The number of carbonyl (C=O) groups excluding carboxylic acids is 1. The number of rotatable bonds is 7. The Bertz CT molecular complexity index is 1000. The Morgan fingerprint density at radius 3 is 2.38 bits per heavy atom. The van der Waals surface area contributed by atoms with E-state index in [2.05, 4.69) is 10.3 Å². The molecule has 2 aromatic carbocycles. The Kier molecular flexibility index (Phi) is 6.12. The second-order valence-electron chi connectivity index (χ2n) is 6.48. The van der Waals surface area contributed by atoms with Gasteiger partial charge in [0.15, 0.2) is 5.76 Å². The van der Waals surface area contributed by atoms with Gasteiger partial charge in [-0.15, -0.1) is 11.3 Å². The molecule has 1 unspecified atom stereocenters. The lowest BCUT2D eigenvalue weighted by atomic mass is 10.1. The second kappa shape index (κ2) is 9.11. The molecule has 0 bridgehead atoms. The monoisotopic (exact) mass is 420 g/mol. The van der Waals surface area contributed by atoms with Crippen molar-refractivity contribution in [3.63, 3.8) is 0 Å². The Morgan fingerprint density at radius 2 is 1.72 bits per heavy atom. The van der Waals surface area contributed by atoms with Gasteiger partial charge >= 0.3 is 0 Å². The van der Waals surface area contributed by atoms with Crippen molar-refractivity contribution in [3.8, 4) is 22.6 Å². The molecule has 0 aliphatic heterocycles. The Labute approximate surface area is 178 Å². The topological polar surface area (TPSA) is 55.1 Å². The van der Waals surface area contributed by atoms with Crippen molar-refractivity contribution >= 4 is 29.0 Å². The van der Waals surface area contributed by atoms with Gasteiger partial charge in [0.05, 0.1) is 11.8 Å². The average Bonchev–Trinajstić information content (AvgIpc) is 3.44. The van der Waals surface area contributed by atoms with E-state index in [9.17, 15) is 4.79 Å². The Hall–Kier alpha value is -2.83. The van der Waals surface area contributed by atoms with Crippen LogP contribution in [0.2, 0.25) is 0 Å². The smallest absolute Gasteiger partial charge is 0.257 e. The molecule has 0 fully saturated rings. The van der Waals surface area contributed by atoms with Crippen molar-refractivity contribution < 1.29 is 9.21 Å². The molecule has 2 heterocycles. The van der Waals surface area contributed by atoms with E-state index in [1.807, 2.05) is 85.1 Å². The van der Waals surface area contributed by atoms with Crippen molar-refractivity contribution in [2.75, 3.05) is 5.75 Å². The van der Waals surface area contributed by atoms with Crippen LogP contribution in [0.15, 0.2) is 87.8 Å². The van der Waals surface area contributed by atoms with Gasteiger partial charge in [-0.1, -0.05) is 78.5 Å². The molecule has 0 saturated carbocycles. The minimum atomic E-state index is -0.0448. The fraction of sp³-hybridized carbons (Fsp3) is 0.130. The summed E-state index contributed by atoms with van der Waals surface area (Å²) in [6.07, 6.45) is 0. The van der Waals surface area contributed by atoms with E-state index in [4.69, 9.17) is 4.42 Å². The normalized spacial score (nSPS) is 11.9. The number of oxazole rings is 1. The summed E-state index contributed by atoms with van der Waals surface area (Å²) < 4.78 is 6.06. The highest BCUT2D eigenvalue weighted by atomic mass is 32.2. The van der Waals surface area contributed by atoms with Gasteiger partial charge in [-0.3, -0.25) is 4.79 Å². The summed E-state index contributed by atoms with van der Waals surface area (Å²) in [5, 5.41) is 5.52. The van der Waals surface area contributed by atoms with Crippen molar-refractivity contribution in [1.29, 1.82) is 0 Å². The molecule has 0 spiro atoms. The van der Waals surface area contributed by atoms with E-state index in [-0.39, 0.29) is 17.7 Å². The van der Waals surface area contributed by atoms with Crippen molar-refractivity contribution in [3.05, 3.63) is 83.1 Å². The van der Waals surface area contributed by atoms with E-state index < -0.39 is 0 Å². The summed E-state index contributed by atoms with van der Waals surface area (Å²) in [4.78, 5) is 18.2. The van der Waals surface area contributed by atoms with Crippen LogP contribution in [-0.2, 0) is 4.79 Å². The standard InChI is InChI=1S/C23H20N2O2S2/c1-16(19-13-8-14-28-19)24-20(26)15-29-23-25-21(17-9-4-2-5-10-17)22(27-23)18-11-6-3-7-12-18/h2-14,16H,15H2,1H3,(H,24,26). The number of nitrogens with one attached hydrogen (secondary N) is 1. The van der Waals surface area contributed by atoms with E-state index >= 15 is 0 Å². The molecule has 0 saturated heterocycles. The maximum absolute atomic E-state index is 12.4. The quantitative estimate of drug-likeness (QED) is 0.370. The third-order valence-corrected chi connectivity index (χ3v) is 6.25. The van der Waals surface area contributed by atoms with Gasteiger partial charge < -0.3 is 9.73 Å². The lowest BCUT2D eigenvalue weighted by Crippen LogP contribution is -2.27. The van der Waals surface area contributed by atoms with Crippen LogP contribution in [0, 0.1) is 0 Å². The lowest BCUT2D eigenvalue weighted by molar-refractivity contribution is -0.119. The number of thioether (sulfide) groups is 1. The average molecular weight is 421 g/mol. The van der Waals surface area contributed by atoms with Crippen molar-refractivity contribution in [2.24, 2.45) is 0 Å². The molecular formula is C23H20N2O2S2. The molecule has 0 radical (unpaired) electrons. The predicted octanol–water partition coefficient (Wildman–Crippen LogP) is 6.04. The number of amides is 1. The van der Waals surface area contributed by atoms with Crippen molar-refractivity contribution in [1.82, 2.24) is 10.3 Å². The summed E-state index contributed by atoms with van der Waals surface area (Å²) in [7, 11) is 0. The van der Waals surface area contributed by atoms with Gasteiger partial charge in [0.1, 0.15) is 5.69 Å². The van der Waals surface area contributed by atoms with Crippen LogP contribution >= 0.6 is 23.1 Å². The molecule has 1 N–H and O–H groups in total. The third kappa shape index (κ3) is 4.78. The van der Waals surface area contributed by atoms with Gasteiger partial charge in [0, 0.05) is 16.0 Å². The molecule has 4 rings (SSSR count). The molecule has 2 aromatic heterocycles. The first-order valence-electron chi connectivity index (χ1n) is 9.28. The van der Waals surface area contributed by atoms with E-state index in [0.717, 1.165) is 21.7 Å². The number of aromatic nitrogens is 1. The molecule has 1 amide bonds. The number of hydrogen-bond donors (Lipinski definition) is 1. The molecular weight excluding hydrogens is 400 g/mol. The first-order valence-corrected chi connectivity index (χ1v) is 11.1. The van der Waals surface area contributed by atoms with E-state index in [0.29, 0.717) is 11.0 Å². The zero-order chi connectivity index (χ0) is 20.1. The van der Waals surface area contributed by atoms with Crippen molar-refractivity contribution in [2.45, 2.75) is 18.2 Å². The third-order valence-electron chi connectivity index (χ3n) is 4.36. The van der Waals surface area contributed by atoms with Crippen LogP contribution < -0.4 is 5.32 Å². The second-order valence-corrected chi connectivity index (χ2v) is 8.39. The molecule has 1 atom stereocenters. The van der Waals surface area contributed by atoms with Crippen LogP contribution in [0.3, 0.4) is 0 Å². The fourth-order valence-electron chi connectivity index (χ4n) is 2.96. The SMILES string of the molecule is CC(NC(=O)CSc1nc(-c2ccccc2)c(-c2ccccc2)o1)c1cccs1. The number of hydrogen-bond acceptors (Lipinski definition) is 5. The zero-order valence-corrected chi connectivity index (χ0v) is 17.5. The summed E-state index contributed by atoms with van der Waals surface area (Å²) in [5.41, 5.74) is 2.73. The van der Waals surface area contributed by atoms with Gasteiger partial charge in [0.2, 0.25) is 5.91 Å². The number of benzene rings is 2. The maximum Gasteiger partial charge on any atom is 0.257 e. The first-order chi connectivity index (χ1) is 14.2. The summed E-state index contributed by atoms with van der Waals surface area (Å²) in [6, 6.07) is 23.9. The molecule has 0 aliphatic carbocycles. The summed E-state index contributed by atoms with van der Waals surface area (Å²) >= 11 is 2.94. The van der Waals surface area contributed by atoms with Gasteiger partial charge in [-0.2, -0.15) is 0 Å².